The molecule has 1 saturated heterocycles. The van der Waals surface area contributed by atoms with Crippen LogP contribution in [-0.2, 0) is 24.7 Å². The highest BCUT2D eigenvalue weighted by Crippen LogP contribution is 2.53. The summed E-state index contributed by atoms with van der Waals surface area (Å²) < 4.78 is 10.3. The molecule has 2 aromatic rings. The van der Waals surface area contributed by atoms with Gasteiger partial charge in [-0.3, -0.25) is 14.4 Å². The number of likely N-dealkylation sites (N-methyl/N-ethyl adjacent to an activating group) is 1. The summed E-state index contributed by atoms with van der Waals surface area (Å²) in [6.45, 7) is 0.130. The van der Waals surface area contributed by atoms with Crippen molar-refractivity contribution in [3.8, 4) is 5.75 Å². The summed E-state index contributed by atoms with van der Waals surface area (Å²) >= 11 is 0. The molecule has 2 aliphatic heterocycles. The zero-order valence-electron chi connectivity index (χ0n) is 17.4. The Labute approximate surface area is 179 Å². The van der Waals surface area contributed by atoms with E-state index in [1.165, 1.54) is 24.0 Å². The lowest BCUT2D eigenvalue weighted by Crippen LogP contribution is -2.52. The quantitative estimate of drug-likeness (QED) is 0.449. The topological polar surface area (TPSA) is 96.4 Å². The van der Waals surface area contributed by atoms with Gasteiger partial charge in [-0.05, 0) is 30.3 Å². The maximum Gasteiger partial charge on any atom is 0.296 e. The number of benzene rings is 2. The van der Waals surface area contributed by atoms with Crippen LogP contribution in [0.1, 0.15) is 11.1 Å². The fraction of sp³-hybridized carbons (Fsp3) is 0.261. The Morgan fingerprint density at radius 3 is 2.35 bits per heavy atom. The molecule has 1 spiro atoms. The molecule has 0 radical (unpaired) electrons. The number of aliphatic hydroxyl groups excluding tert-OH is 1. The molecule has 1 N–H and O–H groups in total. The van der Waals surface area contributed by atoms with Gasteiger partial charge in [-0.15, -0.1) is 0 Å². The van der Waals surface area contributed by atoms with E-state index in [0.717, 1.165) is 0 Å². The molecule has 1 fully saturated rings. The Balaban J connectivity index is 2.02. The Kier molecular flexibility index (Phi) is 5.02. The molecule has 160 valence electrons. The molecule has 0 saturated carbocycles. The Hall–Kier alpha value is -3.65. The highest BCUT2D eigenvalue weighted by Gasteiger charge is 2.66. The largest absolute Gasteiger partial charge is 0.507 e. The van der Waals surface area contributed by atoms with Crippen LogP contribution in [0.5, 0.6) is 5.75 Å². The third-order valence-electron chi connectivity index (χ3n) is 5.82. The van der Waals surface area contributed by atoms with E-state index in [9.17, 15) is 19.5 Å². The second kappa shape index (κ2) is 7.55. The van der Waals surface area contributed by atoms with Crippen LogP contribution < -0.4 is 9.64 Å². The number of ketones is 1. The highest BCUT2D eigenvalue weighted by molar-refractivity contribution is 6.50. The number of methoxy groups -OCH3 is 2. The van der Waals surface area contributed by atoms with Crippen LogP contribution in [0.3, 0.4) is 0 Å². The Bertz CT molecular complexity index is 1110. The highest BCUT2D eigenvalue weighted by atomic mass is 16.5. The minimum absolute atomic E-state index is 0.00831. The van der Waals surface area contributed by atoms with Gasteiger partial charge in [-0.1, -0.05) is 18.2 Å². The number of hydrogen-bond donors (Lipinski definition) is 1. The number of nitrogens with zero attached hydrogens (tertiary/aromatic N) is 2. The van der Waals surface area contributed by atoms with E-state index in [-0.39, 0.29) is 18.7 Å². The Morgan fingerprint density at radius 1 is 1.03 bits per heavy atom. The summed E-state index contributed by atoms with van der Waals surface area (Å²) in [7, 11) is 4.57. The van der Waals surface area contributed by atoms with Crippen LogP contribution in [-0.4, -0.2) is 62.0 Å². The van der Waals surface area contributed by atoms with Gasteiger partial charge < -0.3 is 24.4 Å². The van der Waals surface area contributed by atoms with Crippen LogP contribution in [0.2, 0.25) is 0 Å². The van der Waals surface area contributed by atoms with Crippen molar-refractivity contribution < 1.29 is 29.0 Å². The van der Waals surface area contributed by atoms with Crippen molar-refractivity contribution in [2.75, 3.05) is 39.3 Å². The number of Topliss-reactive ketones (excluding diaryl/α,β-unsaturated/α-hetero) is 1. The minimum Gasteiger partial charge on any atom is -0.507 e. The molecule has 4 rings (SSSR count). The van der Waals surface area contributed by atoms with E-state index >= 15 is 0 Å². The van der Waals surface area contributed by atoms with Crippen molar-refractivity contribution in [2.24, 2.45) is 0 Å². The van der Waals surface area contributed by atoms with E-state index in [2.05, 4.69) is 0 Å². The van der Waals surface area contributed by atoms with Crippen LogP contribution >= 0.6 is 0 Å². The molecule has 2 aliphatic rings. The number of carbonyl (C=O) groups excluding carboxylic acids is 3. The lowest BCUT2D eigenvalue weighted by atomic mass is 9.82. The van der Waals surface area contributed by atoms with Gasteiger partial charge in [0, 0.05) is 37.5 Å². The van der Waals surface area contributed by atoms with E-state index in [0.29, 0.717) is 22.6 Å². The number of amides is 2. The molecule has 2 heterocycles. The number of ether oxygens (including phenoxy) is 2. The predicted molar refractivity (Wildman–Crippen MR) is 113 cm³/mol. The first-order valence-electron chi connectivity index (χ1n) is 9.70. The Morgan fingerprint density at radius 2 is 1.71 bits per heavy atom. The lowest BCUT2D eigenvalue weighted by molar-refractivity contribution is -0.144. The number of anilines is 1. The van der Waals surface area contributed by atoms with Crippen molar-refractivity contribution in [3.63, 3.8) is 0 Å². The number of aliphatic hydroxyl groups is 1. The number of para-hydroxylation sites is 1. The molecular weight excluding hydrogens is 400 g/mol. The number of rotatable bonds is 5. The van der Waals surface area contributed by atoms with Gasteiger partial charge in [-0.25, -0.2) is 0 Å². The van der Waals surface area contributed by atoms with Crippen molar-refractivity contribution in [2.45, 2.75) is 5.54 Å². The second-order valence-electron chi connectivity index (χ2n) is 7.32. The molecular formula is C23H22N2O6. The maximum atomic E-state index is 13.7. The van der Waals surface area contributed by atoms with E-state index < -0.39 is 28.9 Å². The molecule has 0 aromatic heterocycles. The molecule has 2 amide bonds. The standard InChI is InChI=1S/C23H22N2O6/c1-24-17-7-5-4-6-16(17)23(22(24)29)18(20(27)21(28)25(23)12-13-30-2)19(26)14-8-10-15(31-3)11-9-14/h4-11,26H,12-13H2,1-3H3/b19-18+. The summed E-state index contributed by atoms with van der Waals surface area (Å²) in [5, 5.41) is 11.2. The molecule has 1 atom stereocenters. The van der Waals surface area contributed by atoms with Gasteiger partial charge in [0.2, 0.25) is 0 Å². The maximum absolute atomic E-state index is 13.7. The molecule has 31 heavy (non-hydrogen) atoms. The van der Waals surface area contributed by atoms with Crippen LogP contribution in [0.25, 0.3) is 5.76 Å². The van der Waals surface area contributed by atoms with E-state index in [1.807, 2.05) is 0 Å². The lowest BCUT2D eigenvalue weighted by Gasteiger charge is -2.34. The third kappa shape index (κ3) is 2.75. The molecule has 8 nitrogen and oxygen atoms in total. The van der Waals surface area contributed by atoms with Crippen molar-refractivity contribution in [1.82, 2.24) is 4.90 Å². The normalized spacial score (nSPS) is 21.8. The van der Waals surface area contributed by atoms with Crippen molar-refractivity contribution in [3.05, 3.63) is 65.2 Å². The van der Waals surface area contributed by atoms with E-state index in [4.69, 9.17) is 9.47 Å². The van der Waals surface area contributed by atoms with Crippen molar-refractivity contribution in [1.29, 1.82) is 0 Å². The predicted octanol–water partition coefficient (Wildman–Crippen LogP) is 1.89. The number of likely N-dealkylation sites (tertiary alicyclic amines) is 1. The molecule has 1 unspecified atom stereocenters. The number of fused-ring (bicyclic) bond motifs is 2. The molecule has 0 bridgehead atoms. The minimum atomic E-state index is -1.76. The average Bonchev–Trinajstić information content (AvgIpc) is 3.15. The van der Waals surface area contributed by atoms with Gasteiger partial charge in [0.1, 0.15) is 11.5 Å². The van der Waals surface area contributed by atoms with Gasteiger partial charge in [-0.2, -0.15) is 0 Å². The second-order valence-corrected chi connectivity index (χ2v) is 7.32. The zero-order chi connectivity index (χ0) is 22.3. The summed E-state index contributed by atoms with van der Waals surface area (Å²) in [4.78, 5) is 42.5. The molecule has 8 heteroatoms. The van der Waals surface area contributed by atoms with Gasteiger partial charge in [0.15, 0.2) is 5.54 Å². The first-order valence-corrected chi connectivity index (χ1v) is 9.70. The third-order valence-corrected chi connectivity index (χ3v) is 5.82. The summed E-state index contributed by atoms with van der Waals surface area (Å²) in [5.74, 6) is -2.11. The summed E-state index contributed by atoms with van der Waals surface area (Å²) in [6.07, 6.45) is 0. The van der Waals surface area contributed by atoms with Gasteiger partial charge in [0.05, 0.1) is 19.3 Å². The smallest absolute Gasteiger partial charge is 0.296 e. The molecule has 2 aromatic carbocycles. The summed E-state index contributed by atoms with van der Waals surface area (Å²) in [5.41, 5.74) is -0.683. The molecule has 0 aliphatic carbocycles. The number of carbonyl (C=O) groups is 3. The number of hydrogen-bond acceptors (Lipinski definition) is 6. The monoisotopic (exact) mass is 422 g/mol. The summed E-state index contributed by atoms with van der Waals surface area (Å²) in [6, 6.07) is 13.3. The van der Waals surface area contributed by atoms with Gasteiger partial charge >= 0.3 is 0 Å². The van der Waals surface area contributed by atoms with Crippen LogP contribution in [0.15, 0.2) is 54.1 Å². The van der Waals surface area contributed by atoms with Crippen LogP contribution in [0.4, 0.5) is 5.69 Å². The van der Waals surface area contributed by atoms with Gasteiger partial charge in [0.25, 0.3) is 17.6 Å². The fourth-order valence-corrected chi connectivity index (χ4v) is 4.35. The zero-order valence-corrected chi connectivity index (χ0v) is 17.4. The SMILES string of the molecule is COCCN1C(=O)C(=O)/C(=C(\O)c2ccc(OC)cc2)C12C(=O)N(C)c1ccccc12. The van der Waals surface area contributed by atoms with Crippen molar-refractivity contribution >= 4 is 29.0 Å². The fourth-order valence-electron chi connectivity index (χ4n) is 4.35. The van der Waals surface area contributed by atoms with E-state index in [1.54, 1.807) is 55.6 Å². The van der Waals surface area contributed by atoms with Crippen LogP contribution in [0, 0.1) is 0 Å². The average molecular weight is 422 g/mol. The first kappa shape index (κ1) is 20.6. The first-order chi connectivity index (χ1) is 14.9.